The summed E-state index contributed by atoms with van der Waals surface area (Å²) in [5.41, 5.74) is 0.411. The fourth-order valence-corrected chi connectivity index (χ4v) is 2.10. The molecule has 0 radical (unpaired) electrons. The predicted octanol–water partition coefficient (Wildman–Crippen LogP) is 0.512. The van der Waals surface area contributed by atoms with E-state index in [1.165, 1.54) is 7.11 Å². The van der Waals surface area contributed by atoms with E-state index >= 15 is 0 Å². The average Bonchev–Trinajstić information content (AvgIpc) is 2.39. The molecule has 0 aliphatic rings. The summed E-state index contributed by atoms with van der Waals surface area (Å²) in [5, 5.41) is 0. The minimum absolute atomic E-state index is 0.333. The zero-order valence-electron chi connectivity index (χ0n) is 10.1. The molecule has 0 atom stereocenters. The molecular formula is C11H16O5Si. The molecule has 1 aromatic carbocycles. The number of hydrogen-bond acceptors (Lipinski definition) is 5. The zero-order valence-corrected chi connectivity index (χ0v) is 11.5. The molecule has 1 rings (SSSR count). The molecule has 0 heterocycles. The van der Waals surface area contributed by atoms with E-state index in [2.05, 4.69) is 4.74 Å². The van der Waals surface area contributed by atoms with E-state index < -0.39 is 15.7 Å². The van der Waals surface area contributed by atoms with Gasteiger partial charge in [0.05, 0.1) is 7.11 Å². The maximum absolute atomic E-state index is 11.5. The van der Waals surface area contributed by atoms with Crippen molar-refractivity contribution in [2.45, 2.75) is 5.91 Å². The minimum Gasteiger partial charge on any atom is -0.543 e. The van der Waals surface area contributed by atoms with Gasteiger partial charge in [0.2, 0.25) is 0 Å². The van der Waals surface area contributed by atoms with Gasteiger partial charge >= 0.3 is 5.97 Å². The quantitative estimate of drug-likeness (QED) is 0.422. The summed E-state index contributed by atoms with van der Waals surface area (Å²) in [6.07, 6.45) is 0. The van der Waals surface area contributed by atoms with E-state index in [4.69, 9.17) is 13.9 Å². The highest BCUT2D eigenvalue weighted by atomic mass is 28.2. The predicted molar refractivity (Wildman–Crippen MR) is 64.8 cm³/mol. The Labute approximate surface area is 103 Å². The molecule has 0 aromatic heterocycles. The van der Waals surface area contributed by atoms with E-state index in [-0.39, 0.29) is 5.91 Å². The third-order valence-electron chi connectivity index (χ3n) is 2.19. The van der Waals surface area contributed by atoms with Crippen LogP contribution in [-0.4, -0.2) is 43.0 Å². The van der Waals surface area contributed by atoms with Gasteiger partial charge in [0, 0.05) is 14.2 Å². The van der Waals surface area contributed by atoms with Gasteiger partial charge in [-0.25, -0.2) is 4.79 Å². The van der Waals surface area contributed by atoms with E-state index in [1.54, 1.807) is 38.5 Å². The molecule has 0 saturated heterocycles. The van der Waals surface area contributed by atoms with Crippen molar-refractivity contribution in [1.82, 2.24) is 0 Å². The van der Waals surface area contributed by atoms with Crippen LogP contribution in [0.3, 0.4) is 0 Å². The second-order valence-electron chi connectivity index (χ2n) is 3.20. The first-order valence-electron chi connectivity index (χ1n) is 5.08. The Bertz CT molecular complexity index is 365. The first-order chi connectivity index (χ1) is 8.22. The lowest BCUT2D eigenvalue weighted by Crippen LogP contribution is -2.26. The highest BCUT2D eigenvalue weighted by molar-refractivity contribution is 6.29. The molecule has 0 fully saturated rings. The van der Waals surface area contributed by atoms with Gasteiger partial charge in [0.1, 0.15) is 11.3 Å². The van der Waals surface area contributed by atoms with Crippen molar-refractivity contribution in [2.24, 2.45) is 0 Å². The van der Waals surface area contributed by atoms with Crippen LogP contribution in [0.5, 0.6) is 5.75 Å². The molecule has 17 heavy (non-hydrogen) atoms. The molecule has 0 aliphatic carbocycles. The van der Waals surface area contributed by atoms with Crippen LogP contribution in [0.15, 0.2) is 24.3 Å². The van der Waals surface area contributed by atoms with Crippen molar-refractivity contribution in [3.05, 3.63) is 29.8 Å². The van der Waals surface area contributed by atoms with Crippen LogP contribution in [0, 0.1) is 0 Å². The number of carbonyl (C=O) groups excluding carboxylic acids is 1. The van der Waals surface area contributed by atoms with Crippen LogP contribution in [-0.2, 0) is 14.2 Å². The third kappa shape index (κ3) is 3.85. The normalized spacial score (nSPS) is 11.1. The molecule has 94 valence electrons. The topological polar surface area (TPSA) is 54.0 Å². The standard InChI is InChI=1S/C11H16O5Si/c1-13-10(12)8-6-4-5-7-9(8)16-17-11(14-2)15-3/h4-7,11H,17H2,1-3H3. The molecule has 0 N–H and O–H groups in total. The highest BCUT2D eigenvalue weighted by Crippen LogP contribution is 2.18. The Morgan fingerprint density at radius 3 is 2.41 bits per heavy atom. The Hall–Kier alpha value is -1.37. The van der Waals surface area contributed by atoms with Gasteiger partial charge < -0.3 is 18.6 Å². The molecule has 0 unspecified atom stereocenters. The summed E-state index contributed by atoms with van der Waals surface area (Å²) in [6, 6.07) is 6.93. The lowest BCUT2D eigenvalue weighted by Gasteiger charge is -2.15. The Morgan fingerprint density at radius 2 is 1.82 bits per heavy atom. The Balaban J connectivity index is 2.73. The lowest BCUT2D eigenvalue weighted by molar-refractivity contribution is -0.0492. The Kier molecular flexibility index (Phi) is 5.68. The molecular weight excluding hydrogens is 240 g/mol. The van der Waals surface area contributed by atoms with Gasteiger partial charge in [-0.15, -0.1) is 0 Å². The van der Waals surface area contributed by atoms with E-state index in [0.29, 0.717) is 11.3 Å². The Morgan fingerprint density at radius 1 is 1.18 bits per heavy atom. The van der Waals surface area contributed by atoms with Gasteiger partial charge in [-0.3, -0.25) is 0 Å². The number of para-hydroxylation sites is 1. The fraction of sp³-hybridized carbons (Fsp3) is 0.364. The van der Waals surface area contributed by atoms with Crippen LogP contribution in [0.1, 0.15) is 10.4 Å². The number of hydrogen-bond donors (Lipinski definition) is 0. The van der Waals surface area contributed by atoms with Gasteiger partial charge in [-0.1, -0.05) is 12.1 Å². The average molecular weight is 256 g/mol. The van der Waals surface area contributed by atoms with Crippen molar-refractivity contribution in [3.8, 4) is 5.75 Å². The monoisotopic (exact) mass is 256 g/mol. The molecule has 0 bridgehead atoms. The van der Waals surface area contributed by atoms with Crippen LogP contribution >= 0.6 is 0 Å². The summed E-state index contributed by atoms with van der Waals surface area (Å²) in [4.78, 5) is 11.5. The van der Waals surface area contributed by atoms with Gasteiger partial charge in [0.25, 0.3) is 9.76 Å². The highest BCUT2D eigenvalue weighted by Gasteiger charge is 2.14. The fourth-order valence-electron chi connectivity index (χ4n) is 1.26. The number of carbonyl (C=O) groups is 1. The van der Waals surface area contributed by atoms with Crippen LogP contribution < -0.4 is 4.43 Å². The summed E-state index contributed by atoms with van der Waals surface area (Å²) >= 11 is 0. The summed E-state index contributed by atoms with van der Waals surface area (Å²) in [7, 11) is 3.36. The second kappa shape index (κ2) is 7.05. The number of esters is 1. The molecule has 1 aromatic rings. The smallest absolute Gasteiger partial charge is 0.341 e. The number of benzene rings is 1. The molecule has 0 spiro atoms. The third-order valence-corrected chi connectivity index (χ3v) is 3.61. The maximum atomic E-state index is 11.5. The van der Waals surface area contributed by atoms with Gasteiger partial charge in [-0.2, -0.15) is 0 Å². The first-order valence-corrected chi connectivity index (χ1v) is 6.48. The summed E-state index contributed by atoms with van der Waals surface area (Å²) in [6.45, 7) is 0. The maximum Gasteiger partial charge on any atom is 0.341 e. The van der Waals surface area contributed by atoms with Crippen LogP contribution in [0.25, 0.3) is 0 Å². The van der Waals surface area contributed by atoms with Crippen LogP contribution in [0.4, 0.5) is 0 Å². The largest absolute Gasteiger partial charge is 0.543 e. The van der Waals surface area contributed by atoms with E-state index in [0.717, 1.165) is 0 Å². The van der Waals surface area contributed by atoms with Crippen LogP contribution in [0.2, 0.25) is 0 Å². The SMILES string of the molecule is COC(=O)c1ccccc1O[SiH2]C(OC)OC. The number of methoxy groups -OCH3 is 3. The number of rotatable bonds is 6. The van der Waals surface area contributed by atoms with Gasteiger partial charge in [-0.05, 0) is 12.1 Å². The lowest BCUT2D eigenvalue weighted by atomic mass is 10.2. The minimum atomic E-state index is -1.09. The molecule has 0 aliphatic heterocycles. The molecule has 0 amide bonds. The van der Waals surface area contributed by atoms with Crippen molar-refractivity contribution < 1.29 is 23.4 Å². The van der Waals surface area contributed by atoms with Crippen molar-refractivity contribution in [3.63, 3.8) is 0 Å². The van der Waals surface area contributed by atoms with Gasteiger partial charge in [0.15, 0.2) is 5.91 Å². The summed E-state index contributed by atoms with van der Waals surface area (Å²) < 4.78 is 20.4. The van der Waals surface area contributed by atoms with E-state index in [9.17, 15) is 4.79 Å². The van der Waals surface area contributed by atoms with Crippen molar-refractivity contribution in [1.29, 1.82) is 0 Å². The van der Waals surface area contributed by atoms with Crippen molar-refractivity contribution >= 4 is 15.7 Å². The molecule has 6 heteroatoms. The number of ether oxygens (including phenoxy) is 3. The molecule has 5 nitrogen and oxygen atoms in total. The summed E-state index contributed by atoms with van der Waals surface area (Å²) in [5.74, 6) is -0.244. The first kappa shape index (κ1) is 13.7. The van der Waals surface area contributed by atoms with Crippen molar-refractivity contribution in [2.75, 3.05) is 21.3 Å². The van der Waals surface area contributed by atoms with E-state index in [1.807, 2.05) is 0 Å². The zero-order chi connectivity index (χ0) is 12.7. The second-order valence-corrected chi connectivity index (χ2v) is 4.49. The molecule has 0 saturated carbocycles.